The Labute approximate surface area is 192 Å². The molecule has 170 valence electrons. The Hall–Kier alpha value is -1.34. The molecule has 0 radical (unpaired) electrons. The lowest BCUT2D eigenvalue weighted by atomic mass is 10.1. The van der Waals surface area contributed by atoms with E-state index in [9.17, 15) is 9.59 Å². The van der Waals surface area contributed by atoms with Gasteiger partial charge in [-0.2, -0.15) is 0 Å². The highest BCUT2D eigenvalue weighted by Crippen LogP contribution is 2.16. The molecule has 1 aromatic carbocycles. The van der Waals surface area contributed by atoms with Gasteiger partial charge in [0.05, 0.1) is 11.1 Å². The molecule has 2 unspecified atom stereocenters. The molecule has 2 aliphatic heterocycles. The van der Waals surface area contributed by atoms with E-state index in [4.69, 9.17) is 9.47 Å². The number of carbonyl (C=O) groups is 2. The Balaban J connectivity index is 0.00000225. The van der Waals surface area contributed by atoms with E-state index < -0.39 is 0 Å². The second kappa shape index (κ2) is 13.2. The van der Waals surface area contributed by atoms with Crippen molar-refractivity contribution in [2.45, 2.75) is 51.6 Å². The van der Waals surface area contributed by atoms with Crippen LogP contribution in [-0.2, 0) is 9.47 Å². The molecular weight excluding hydrogens is 427 g/mol. The summed E-state index contributed by atoms with van der Waals surface area (Å²) in [6.07, 6.45) is 4.85. The van der Waals surface area contributed by atoms with Crippen molar-refractivity contribution >= 4 is 36.8 Å². The number of nitrogens with zero attached hydrogens (tertiary/aromatic N) is 2. The monoisotopic (exact) mass is 460 g/mol. The van der Waals surface area contributed by atoms with Crippen molar-refractivity contribution in [1.82, 2.24) is 9.80 Å². The van der Waals surface area contributed by atoms with Gasteiger partial charge < -0.3 is 9.47 Å². The maximum Gasteiger partial charge on any atom is 0.338 e. The number of hydrogen-bond acceptors (Lipinski definition) is 6. The van der Waals surface area contributed by atoms with Crippen molar-refractivity contribution in [3.05, 3.63) is 35.4 Å². The van der Waals surface area contributed by atoms with Gasteiger partial charge in [-0.1, -0.05) is 0 Å². The average molecular weight is 461 g/mol. The summed E-state index contributed by atoms with van der Waals surface area (Å²) in [6, 6.07) is 7.63. The summed E-state index contributed by atoms with van der Waals surface area (Å²) >= 11 is 0. The molecule has 2 fully saturated rings. The minimum atomic E-state index is -0.352. The smallest absolute Gasteiger partial charge is 0.338 e. The molecule has 2 aliphatic rings. The van der Waals surface area contributed by atoms with Crippen LogP contribution < -0.4 is 0 Å². The lowest BCUT2D eigenvalue weighted by molar-refractivity contribution is 0.0444. The van der Waals surface area contributed by atoms with Gasteiger partial charge in [0.1, 0.15) is 13.2 Å². The van der Waals surface area contributed by atoms with Crippen LogP contribution in [0.5, 0.6) is 0 Å². The third-order valence-electron chi connectivity index (χ3n) is 5.96. The maximum absolute atomic E-state index is 12.2. The molecule has 0 amide bonds. The highest BCUT2D eigenvalue weighted by atomic mass is 35.5. The first kappa shape index (κ1) is 26.7. The van der Waals surface area contributed by atoms with Crippen molar-refractivity contribution in [3.8, 4) is 0 Å². The summed E-state index contributed by atoms with van der Waals surface area (Å²) < 4.78 is 10.7. The van der Waals surface area contributed by atoms with Gasteiger partial charge in [0, 0.05) is 25.2 Å². The molecule has 0 bridgehead atoms. The third-order valence-corrected chi connectivity index (χ3v) is 5.96. The Bertz CT molecular complexity index is 615. The second-order valence-electron chi connectivity index (χ2n) is 7.90. The van der Waals surface area contributed by atoms with Crippen molar-refractivity contribution in [2.75, 3.05) is 39.4 Å². The molecule has 2 atom stereocenters. The zero-order valence-corrected chi connectivity index (χ0v) is 19.5. The minimum Gasteiger partial charge on any atom is -0.461 e. The summed E-state index contributed by atoms with van der Waals surface area (Å²) in [5.41, 5.74) is 0.911. The summed E-state index contributed by atoms with van der Waals surface area (Å²) in [5, 5.41) is 0. The summed E-state index contributed by atoms with van der Waals surface area (Å²) in [4.78, 5) is 29.0. The van der Waals surface area contributed by atoms with E-state index in [0.29, 0.717) is 36.4 Å². The van der Waals surface area contributed by atoms with Crippen LogP contribution in [0.15, 0.2) is 24.3 Å². The number of hydrogen-bond donors (Lipinski definition) is 0. The Morgan fingerprint density at radius 3 is 1.47 bits per heavy atom. The summed E-state index contributed by atoms with van der Waals surface area (Å²) in [6.45, 7) is 8.89. The zero-order valence-electron chi connectivity index (χ0n) is 17.9. The fourth-order valence-electron chi connectivity index (χ4n) is 4.07. The van der Waals surface area contributed by atoms with Gasteiger partial charge in [0.25, 0.3) is 0 Å². The molecule has 0 spiro atoms. The normalized spacial score (nSPS) is 21.5. The third kappa shape index (κ3) is 7.41. The predicted octanol–water partition coefficient (Wildman–Crippen LogP) is 3.81. The topological polar surface area (TPSA) is 59.1 Å². The van der Waals surface area contributed by atoms with Crippen molar-refractivity contribution < 1.29 is 19.1 Å². The zero-order chi connectivity index (χ0) is 19.9. The Morgan fingerprint density at radius 1 is 0.800 bits per heavy atom. The number of carbonyl (C=O) groups excluding carboxylic acids is 2. The highest BCUT2D eigenvalue weighted by Gasteiger charge is 2.21. The number of likely N-dealkylation sites (tertiary alicyclic amines) is 2. The molecule has 2 heterocycles. The number of ether oxygens (including phenoxy) is 2. The molecule has 0 aromatic heterocycles. The highest BCUT2D eigenvalue weighted by molar-refractivity contribution is 5.93. The van der Waals surface area contributed by atoms with Gasteiger partial charge in [-0.25, -0.2) is 9.59 Å². The first-order valence-corrected chi connectivity index (χ1v) is 10.5. The molecule has 0 saturated carbocycles. The lowest BCUT2D eigenvalue weighted by Gasteiger charge is -2.20. The van der Waals surface area contributed by atoms with Gasteiger partial charge in [-0.3, -0.25) is 9.80 Å². The van der Waals surface area contributed by atoms with Crippen molar-refractivity contribution in [1.29, 1.82) is 0 Å². The Kier molecular flexibility index (Phi) is 11.7. The molecule has 6 nitrogen and oxygen atoms in total. The molecule has 0 aliphatic carbocycles. The van der Waals surface area contributed by atoms with E-state index in [1.165, 1.54) is 25.7 Å². The van der Waals surface area contributed by atoms with E-state index >= 15 is 0 Å². The molecule has 30 heavy (non-hydrogen) atoms. The van der Waals surface area contributed by atoms with E-state index in [0.717, 1.165) is 26.2 Å². The first-order chi connectivity index (χ1) is 13.5. The number of esters is 2. The van der Waals surface area contributed by atoms with Crippen LogP contribution in [-0.4, -0.2) is 73.2 Å². The largest absolute Gasteiger partial charge is 0.461 e. The van der Waals surface area contributed by atoms with Crippen molar-refractivity contribution in [3.63, 3.8) is 0 Å². The molecule has 8 heteroatoms. The van der Waals surface area contributed by atoms with Gasteiger partial charge in [0.2, 0.25) is 0 Å². The number of halogens is 2. The molecule has 3 rings (SSSR count). The Morgan fingerprint density at radius 2 is 1.17 bits per heavy atom. The second-order valence-corrected chi connectivity index (χ2v) is 7.90. The number of benzene rings is 1. The molecule has 1 aromatic rings. The molecule has 0 N–H and O–H groups in total. The maximum atomic E-state index is 12.2. The van der Waals surface area contributed by atoms with Crippen LogP contribution in [0.1, 0.15) is 60.2 Å². The minimum absolute atomic E-state index is 0. The average Bonchev–Trinajstić information content (AvgIpc) is 3.30. The van der Waals surface area contributed by atoms with Crippen LogP contribution in [0, 0.1) is 0 Å². The summed E-state index contributed by atoms with van der Waals surface area (Å²) in [5.74, 6) is -0.704. The SMILES string of the molecule is CC1CCCN1CCOC(=O)c1ccc(C(=O)OCCN2CCCC2C)cc1.Cl.Cl. The molecular formula is C22H34Cl2N2O4. The summed E-state index contributed by atoms with van der Waals surface area (Å²) in [7, 11) is 0. The van der Waals surface area contributed by atoms with E-state index in [1.54, 1.807) is 24.3 Å². The van der Waals surface area contributed by atoms with E-state index in [-0.39, 0.29) is 36.8 Å². The fraction of sp³-hybridized carbons (Fsp3) is 0.636. The van der Waals surface area contributed by atoms with Crippen LogP contribution in [0.3, 0.4) is 0 Å². The standard InChI is InChI=1S/C22H32N2O4.2ClH/c1-17-5-3-11-23(17)13-15-27-21(25)19-7-9-20(10-8-19)22(26)28-16-14-24-12-4-6-18(24)2;;/h7-10,17-18H,3-6,11-16H2,1-2H3;2*1H. The van der Waals surface area contributed by atoms with Crippen LogP contribution in [0.2, 0.25) is 0 Å². The van der Waals surface area contributed by atoms with Gasteiger partial charge >= 0.3 is 11.9 Å². The molecule has 2 saturated heterocycles. The van der Waals surface area contributed by atoms with Crippen molar-refractivity contribution in [2.24, 2.45) is 0 Å². The van der Waals surface area contributed by atoms with Gasteiger partial charge in [0.15, 0.2) is 0 Å². The number of rotatable bonds is 8. The van der Waals surface area contributed by atoms with Gasteiger partial charge in [-0.05, 0) is 76.9 Å². The fourth-order valence-corrected chi connectivity index (χ4v) is 4.07. The van der Waals surface area contributed by atoms with Gasteiger partial charge in [-0.15, -0.1) is 24.8 Å². The predicted molar refractivity (Wildman–Crippen MR) is 122 cm³/mol. The van der Waals surface area contributed by atoms with E-state index in [1.807, 2.05) is 0 Å². The van der Waals surface area contributed by atoms with Crippen LogP contribution in [0.4, 0.5) is 0 Å². The van der Waals surface area contributed by atoms with E-state index in [2.05, 4.69) is 23.6 Å². The lowest BCUT2D eigenvalue weighted by Crippen LogP contribution is -2.31. The van der Waals surface area contributed by atoms with Crippen LogP contribution >= 0.6 is 24.8 Å². The quantitative estimate of drug-likeness (QED) is 0.549. The van der Waals surface area contributed by atoms with Crippen LogP contribution in [0.25, 0.3) is 0 Å². The first-order valence-electron chi connectivity index (χ1n) is 10.5.